The van der Waals surface area contributed by atoms with Crippen LogP contribution in [0, 0.1) is 6.92 Å². The maximum Gasteiger partial charge on any atom is 0.252 e. The fourth-order valence-corrected chi connectivity index (χ4v) is 3.65. The number of amides is 1. The molecular weight excluding hydrogens is 388 g/mol. The van der Waals surface area contributed by atoms with Crippen molar-refractivity contribution < 1.29 is 9.21 Å². The summed E-state index contributed by atoms with van der Waals surface area (Å²) in [6.45, 7) is 2.21. The number of pyridine rings is 1. The van der Waals surface area contributed by atoms with Crippen LogP contribution in [0.15, 0.2) is 89.5 Å². The molecule has 0 radical (unpaired) electrons. The van der Waals surface area contributed by atoms with Gasteiger partial charge >= 0.3 is 0 Å². The van der Waals surface area contributed by atoms with Gasteiger partial charge in [0.15, 0.2) is 5.65 Å². The summed E-state index contributed by atoms with van der Waals surface area (Å²) in [5.41, 5.74) is 4.47. The lowest BCUT2D eigenvalue weighted by Gasteiger charge is -2.10. The van der Waals surface area contributed by atoms with Crippen molar-refractivity contribution in [1.82, 2.24) is 20.1 Å². The number of aryl methyl sites for hydroxylation is 1. The van der Waals surface area contributed by atoms with E-state index in [4.69, 9.17) is 14.5 Å². The Bertz CT molecular complexity index is 1340. The van der Waals surface area contributed by atoms with Crippen LogP contribution in [0.2, 0.25) is 0 Å². The van der Waals surface area contributed by atoms with Crippen molar-refractivity contribution in [3.63, 3.8) is 0 Å². The van der Waals surface area contributed by atoms with Crippen molar-refractivity contribution in [3.05, 3.63) is 102 Å². The van der Waals surface area contributed by atoms with Crippen molar-refractivity contribution in [2.45, 2.75) is 13.5 Å². The van der Waals surface area contributed by atoms with E-state index in [2.05, 4.69) is 5.32 Å². The zero-order valence-corrected chi connectivity index (χ0v) is 16.9. The number of hydrogen-bond acceptors (Lipinski definition) is 4. The first-order valence-corrected chi connectivity index (χ1v) is 10.0. The third-order valence-electron chi connectivity index (χ3n) is 5.13. The molecule has 5 aromatic rings. The van der Waals surface area contributed by atoms with Crippen LogP contribution in [0.3, 0.4) is 0 Å². The lowest BCUT2D eigenvalue weighted by Crippen LogP contribution is -2.23. The molecule has 31 heavy (non-hydrogen) atoms. The van der Waals surface area contributed by atoms with Crippen LogP contribution in [-0.2, 0) is 6.54 Å². The minimum absolute atomic E-state index is 0.198. The van der Waals surface area contributed by atoms with Gasteiger partial charge in [0.05, 0.1) is 40.8 Å². The highest BCUT2D eigenvalue weighted by Crippen LogP contribution is 2.28. The summed E-state index contributed by atoms with van der Waals surface area (Å²) < 4.78 is 7.13. The quantitative estimate of drug-likeness (QED) is 0.448. The van der Waals surface area contributed by atoms with E-state index in [1.54, 1.807) is 17.0 Å². The molecule has 0 saturated carbocycles. The molecule has 0 aliphatic heterocycles. The Kier molecular flexibility index (Phi) is 4.80. The van der Waals surface area contributed by atoms with Crippen molar-refractivity contribution in [2.24, 2.45) is 0 Å². The lowest BCUT2D eigenvalue weighted by molar-refractivity contribution is 0.0949. The number of fused-ring (bicyclic) bond motifs is 1. The number of hydrogen-bond donors (Lipinski definition) is 1. The van der Waals surface area contributed by atoms with Crippen LogP contribution in [0.1, 0.15) is 21.8 Å². The van der Waals surface area contributed by atoms with Gasteiger partial charge in [-0.05, 0) is 37.3 Å². The van der Waals surface area contributed by atoms with Gasteiger partial charge in [-0.15, -0.1) is 0 Å². The van der Waals surface area contributed by atoms with Crippen LogP contribution in [0.5, 0.6) is 0 Å². The first-order valence-electron chi connectivity index (χ1n) is 10.0. The highest BCUT2D eigenvalue weighted by atomic mass is 16.3. The SMILES string of the molecule is Cc1nn(-c2ccccc2)c2nc(-c3ccccc3)cc(C(=O)NCc3ccco3)c12. The zero-order valence-electron chi connectivity index (χ0n) is 16.9. The summed E-state index contributed by atoms with van der Waals surface area (Å²) in [7, 11) is 0. The second-order valence-corrected chi connectivity index (χ2v) is 7.21. The molecule has 0 aliphatic rings. The molecular formula is C25H20N4O2. The van der Waals surface area contributed by atoms with Crippen LogP contribution in [0.4, 0.5) is 0 Å². The topological polar surface area (TPSA) is 73.0 Å². The minimum atomic E-state index is -0.198. The van der Waals surface area contributed by atoms with Crippen molar-refractivity contribution >= 4 is 16.9 Å². The number of nitrogens with one attached hydrogen (secondary N) is 1. The zero-order chi connectivity index (χ0) is 21.2. The largest absolute Gasteiger partial charge is 0.467 e. The Balaban J connectivity index is 1.67. The monoisotopic (exact) mass is 408 g/mol. The van der Waals surface area contributed by atoms with Crippen LogP contribution in [0.25, 0.3) is 28.0 Å². The smallest absolute Gasteiger partial charge is 0.252 e. The molecule has 1 N–H and O–H groups in total. The number of nitrogens with zero attached hydrogens (tertiary/aromatic N) is 3. The average molecular weight is 408 g/mol. The number of rotatable bonds is 5. The molecule has 0 aliphatic carbocycles. The maximum atomic E-state index is 13.2. The van der Waals surface area contributed by atoms with Crippen molar-refractivity contribution in [1.29, 1.82) is 0 Å². The fourth-order valence-electron chi connectivity index (χ4n) is 3.65. The molecule has 3 aromatic heterocycles. The summed E-state index contributed by atoms with van der Waals surface area (Å²) in [5, 5.41) is 8.39. The summed E-state index contributed by atoms with van der Waals surface area (Å²) in [6, 6.07) is 25.1. The normalized spacial score (nSPS) is 11.0. The predicted octanol–water partition coefficient (Wildman–Crippen LogP) is 4.92. The van der Waals surface area contributed by atoms with E-state index in [0.717, 1.165) is 22.3 Å². The van der Waals surface area contributed by atoms with E-state index in [-0.39, 0.29) is 5.91 Å². The molecule has 6 heteroatoms. The Labute approximate surface area is 179 Å². The van der Waals surface area contributed by atoms with Gasteiger partial charge in [-0.3, -0.25) is 4.79 Å². The van der Waals surface area contributed by atoms with Crippen LogP contribution >= 0.6 is 0 Å². The van der Waals surface area contributed by atoms with Crippen molar-refractivity contribution in [2.75, 3.05) is 0 Å². The molecule has 5 rings (SSSR count). The summed E-state index contributed by atoms with van der Waals surface area (Å²) in [6.07, 6.45) is 1.59. The molecule has 6 nitrogen and oxygen atoms in total. The first-order chi connectivity index (χ1) is 15.2. The number of carbonyl (C=O) groups excluding carboxylic acids is 1. The van der Waals surface area contributed by atoms with Gasteiger partial charge < -0.3 is 9.73 Å². The van der Waals surface area contributed by atoms with Crippen molar-refractivity contribution in [3.8, 4) is 16.9 Å². The fraction of sp³-hybridized carbons (Fsp3) is 0.0800. The minimum Gasteiger partial charge on any atom is -0.467 e. The van der Waals surface area contributed by atoms with E-state index in [1.807, 2.05) is 79.7 Å². The van der Waals surface area contributed by atoms with E-state index in [1.165, 1.54) is 0 Å². The summed E-state index contributed by atoms with van der Waals surface area (Å²) >= 11 is 0. The van der Waals surface area contributed by atoms with Gasteiger partial charge in [-0.1, -0.05) is 48.5 Å². The number of furan rings is 1. The summed E-state index contributed by atoms with van der Waals surface area (Å²) in [5.74, 6) is 0.496. The lowest BCUT2D eigenvalue weighted by atomic mass is 10.0. The predicted molar refractivity (Wildman–Crippen MR) is 119 cm³/mol. The molecule has 2 aromatic carbocycles. The molecule has 1 amide bonds. The second-order valence-electron chi connectivity index (χ2n) is 7.21. The van der Waals surface area contributed by atoms with E-state index >= 15 is 0 Å². The Hall–Kier alpha value is -4.19. The third-order valence-corrected chi connectivity index (χ3v) is 5.13. The maximum absolute atomic E-state index is 13.2. The Morgan fingerprint density at radius 1 is 1.00 bits per heavy atom. The molecule has 0 fully saturated rings. The molecule has 3 heterocycles. The average Bonchev–Trinajstić information content (AvgIpc) is 3.46. The molecule has 0 spiro atoms. The molecule has 0 unspecified atom stereocenters. The second kappa shape index (κ2) is 7.91. The van der Waals surface area contributed by atoms with E-state index < -0.39 is 0 Å². The van der Waals surface area contributed by atoms with E-state index in [9.17, 15) is 4.79 Å². The van der Waals surface area contributed by atoms with Crippen LogP contribution in [-0.4, -0.2) is 20.7 Å². The number of para-hydroxylation sites is 1. The number of benzene rings is 2. The van der Waals surface area contributed by atoms with Crippen LogP contribution < -0.4 is 5.32 Å². The summed E-state index contributed by atoms with van der Waals surface area (Å²) in [4.78, 5) is 18.1. The van der Waals surface area contributed by atoms with Gasteiger partial charge in [-0.25, -0.2) is 9.67 Å². The van der Waals surface area contributed by atoms with Gasteiger partial charge in [-0.2, -0.15) is 5.10 Å². The highest BCUT2D eigenvalue weighted by molar-refractivity contribution is 6.07. The van der Waals surface area contributed by atoms with Gasteiger partial charge in [0.1, 0.15) is 5.76 Å². The Morgan fingerprint density at radius 3 is 2.45 bits per heavy atom. The third kappa shape index (κ3) is 3.59. The molecule has 0 bridgehead atoms. The number of carbonyl (C=O) groups is 1. The van der Waals surface area contributed by atoms with Gasteiger partial charge in [0.2, 0.25) is 0 Å². The highest BCUT2D eigenvalue weighted by Gasteiger charge is 2.21. The van der Waals surface area contributed by atoms with Gasteiger partial charge in [0, 0.05) is 5.56 Å². The Morgan fingerprint density at radius 2 is 1.74 bits per heavy atom. The number of aromatic nitrogens is 3. The van der Waals surface area contributed by atoms with Gasteiger partial charge in [0.25, 0.3) is 5.91 Å². The standard InChI is InChI=1S/C25H20N4O2/c1-17-23-21(25(30)26-16-20-13-8-14-31-20)15-22(18-9-4-2-5-10-18)27-24(23)29(28-17)19-11-6-3-7-12-19/h2-15H,16H2,1H3,(H,26,30). The molecule has 0 atom stereocenters. The first kappa shape index (κ1) is 18.8. The molecule has 0 saturated heterocycles. The molecule has 152 valence electrons. The van der Waals surface area contributed by atoms with E-state index in [0.29, 0.717) is 29.2 Å².